The Morgan fingerprint density at radius 1 is 1.06 bits per heavy atom. The number of rotatable bonds is 2. The minimum Gasteiger partial charge on any atom is -0.246 e. The molecular formula is C16H19NS. The van der Waals surface area contributed by atoms with E-state index < -0.39 is 0 Å². The maximum Gasteiger partial charge on any atom is 0.103 e. The maximum atomic E-state index is 4.80. The van der Waals surface area contributed by atoms with E-state index in [0.29, 0.717) is 0 Å². The molecule has 0 N–H and O–H groups in total. The molecule has 0 saturated heterocycles. The Bertz CT molecular complexity index is 509. The second-order valence-electron chi connectivity index (χ2n) is 5.30. The van der Waals surface area contributed by atoms with Gasteiger partial charge >= 0.3 is 0 Å². The largest absolute Gasteiger partial charge is 0.246 e. The first kappa shape index (κ1) is 11.9. The van der Waals surface area contributed by atoms with Crippen LogP contribution in [0.5, 0.6) is 0 Å². The van der Waals surface area contributed by atoms with Crippen LogP contribution in [0.15, 0.2) is 35.7 Å². The lowest BCUT2D eigenvalue weighted by molar-refractivity contribution is 0.344. The zero-order chi connectivity index (χ0) is 12.4. The van der Waals surface area contributed by atoms with E-state index >= 15 is 0 Å². The number of aryl methyl sites for hydroxylation is 1. The number of benzene rings is 1. The molecule has 1 aromatic carbocycles. The second-order valence-corrected chi connectivity index (χ2v) is 6.16. The van der Waals surface area contributed by atoms with Crippen molar-refractivity contribution in [1.29, 1.82) is 0 Å². The highest BCUT2D eigenvalue weighted by Gasteiger charge is 2.37. The Kier molecular flexibility index (Phi) is 3.21. The predicted octanol–water partition coefficient (Wildman–Crippen LogP) is 4.70. The van der Waals surface area contributed by atoms with Crippen LogP contribution in [-0.2, 0) is 5.41 Å². The van der Waals surface area contributed by atoms with Crippen molar-refractivity contribution in [1.82, 2.24) is 4.98 Å². The van der Waals surface area contributed by atoms with E-state index in [1.54, 1.807) is 0 Å². The van der Waals surface area contributed by atoms with Crippen molar-refractivity contribution in [2.24, 2.45) is 0 Å². The molecule has 0 spiro atoms. The van der Waals surface area contributed by atoms with E-state index in [9.17, 15) is 0 Å². The van der Waals surface area contributed by atoms with Crippen molar-refractivity contribution in [3.8, 4) is 0 Å². The topological polar surface area (TPSA) is 12.9 Å². The fraction of sp³-hybridized carbons (Fsp3) is 0.438. The van der Waals surface area contributed by atoms with Gasteiger partial charge in [-0.25, -0.2) is 4.98 Å². The molecule has 1 saturated carbocycles. The summed E-state index contributed by atoms with van der Waals surface area (Å²) < 4.78 is 0. The van der Waals surface area contributed by atoms with Gasteiger partial charge in [0.2, 0.25) is 0 Å². The monoisotopic (exact) mass is 257 g/mol. The average molecular weight is 257 g/mol. The molecule has 1 aliphatic carbocycles. The Labute approximate surface area is 113 Å². The van der Waals surface area contributed by atoms with Gasteiger partial charge in [-0.3, -0.25) is 0 Å². The summed E-state index contributed by atoms with van der Waals surface area (Å²) in [6.45, 7) is 2.10. The third-order valence-corrected chi connectivity index (χ3v) is 5.23. The zero-order valence-corrected chi connectivity index (χ0v) is 11.7. The Hall–Kier alpha value is -1.15. The summed E-state index contributed by atoms with van der Waals surface area (Å²) in [7, 11) is 0. The number of hydrogen-bond acceptors (Lipinski definition) is 2. The quantitative estimate of drug-likeness (QED) is 0.759. The highest BCUT2D eigenvalue weighted by Crippen LogP contribution is 2.45. The summed E-state index contributed by atoms with van der Waals surface area (Å²) in [6, 6.07) is 11.0. The Morgan fingerprint density at radius 2 is 1.78 bits per heavy atom. The molecule has 18 heavy (non-hydrogen) atoms. The number of aromatic nitrogens is 1. The summed E-state index contributed by atoms with van der Waals surface area (Å²) in [5.41, 5.74) is 2.81. The first-order chi connectivity index (χ1) is 8.81. The van der Waals surface area contributed by atoms with Crippen LogP contribution in [0.4, 0.5) is 0 Å². The van der Waals surface area contributed by atoms with Crippen molar-refractivity contribution in [3.63, 3.8) is 0 Å². The molecule has 2 aromatic rings. The smallest absolute Gasteiger partial charge is 0.103 e. The van der Waals surface area contributed by atoms with Crippen molar-refractivity contribution in [2.45, 2.75) is 44.4 Å². The molecule has 1 nitrogen and oxygen atoms in total. The van der Waals surface area contributed by atoms with Gasteiger partial charge in [0.25, 0.3) is 0 Å². The van der Waals surface area contributed by atoms with Gasteiger partial charge in [-0.05, 0) is 25.3 Å². The first-order valence-electron chi connectivity index (χ1n) is 6.79. The first-order valence-corrected chi connectivity index (χ1v) is 7.67. The predicted molar refractivity (Wildman–Crippen MR) is 77.2 cm³/mol. The maximum absolute atomic E-state index is 4.80. The van der Waals surface area contributed by atoms with E-state index in [4.69, 9.17) is 4.98 Å². The third kappa shape index (κ3) is 1.99. The number of thiazole rings is 1. The van der Waals surface area contributed by atoms with Gasteiger partial charge in [0.1, 0.15) is 5.01 Å². The van der Waals surface area contributed by atoms with Crippen molar-refractivity contribution >= 4 is 11.3 Å². The van der Waals surface area contributed by atoms with E-state index in [-0.39, 0.29) is 5.41 Å². The summed E-state index contributed by atoms with van der Waals surface area (Å²) in [6.07, 6.45) is 6.54. The van der Waals surface area contributed by atoms with Crippen molar-refractivity contribution in [3.05, 3.63) is 52.0 Å². The molecule has 1 aliphatic rings. The SMILES string of the molecule is Cc1csc(C2(c3ccccc3)CCCCC2)n1. The molecule has 0 unspecified atom stereocenters. The highest BCUT2D eigenvalue weighted by molar-refractivity contribution is 7.09. The number of nitrogens with zero attached hydrogens (tertiary/aromatic N) is 1. The molecule has 3 rings (SSSR count). The standard InChI is InChI=1S/C16H19NS/c1-13-12-18-15(17-13)16(10-6-3-7-11-16)14-8-4-2-5-9-14/h2,4-5,8-9,12H,3,6-7,10-11H2,1H3. The Balaban J connectivity index is 2.09. The van der Waals surface area contributed by atoms with Gasteiger partial charge in [-0.15, -0.1) is 11.3 Å². The summed E-state index contributed by atoms with van der Waals surface area (Å²) >= 11 is 1.84. The normalized spacial score (nSPS) is 18.7. The van der Waals surface area contributed by atoms with Gasteiger partial charge in [-0.1, -0.05) is 49.6 Å². The molecule has 1 fully saturated rings. The minimum absolute atomic E-state index is 0.193. The van der Waals surface area contributed by atoms with Crippen molar-refractivity contribution < 1.29 is 0 Å². The van der Waals surface area contributed by atoms with Gasteiger partial charge in [0.15, 0.2) is 0 Å². The van der Waals surface area contributed by atoms with E-state index in [1.807, 2.05) is 11.3 Å². The third-order valence-electron chi connectivity index (χ3n) is 4.06. The van der Waals surface area contributed by atoms with Crippen molar-refractivity contribution in [2.75, 3.05) is 0 Å². The molecule has 0 bridgehead atoms. The fourth-order valence-electron chi connectivity index (χ4n) is 3.11. The summed E-state index contributed by atoms with van der Waals surface area (Å²) in [5, 5.41) is 3.51. The molecular weight excluding hydrogens is 238 g/mol. The Morgan fingerprint density at radius 3 is 2.39 bits per heavy atom. The molecule has 94 valence electrons. The zero-order valence-electron chi connectivity index (χ0n) is 10.9. The van der Waals surface area contributed by atoms with Gasteiger partial charge in [0.05, 0.1) is 0 Å². The lowest BCUT2D eigenvalue weighted by atomic mass is 9.70. The molecule has 0 atom stereocenters. The minimum atomic E-state index is 0.193. The van der Waals surface area contributed by atoms with Crippen LogP contribution in [0.2, 0.25) is 0 Å². The highest BCUT2D eigenvalue weighted by atomic mass is 32.1. The summed E-state index contributed by atoms with van der Waals surface area (Å²) in [4.78, 5) is 4.80. The van der Waals surface area contributed by atoms with Crippen LogP contribution in [0.1, 0.15) is 48.4 Å². The fourth-order valence-corrected chi connectivity index (χ4v) is 4.19. The van der Waals surface area contributed by atoms with Gasteiger partial charge in [-0.2, -0.15) is 0 Å². The van der Waals surface area contributed by atoms with E-state index in [0.717, 1.165) is 5.69 Å². The molecule has 0 radical (unpaired) electrons. The van der Waals surface area contributed by atoms with Gasteiger partial charge in [0, 0.05) is 16.5 Å². The molecule has 1 heterocycles. The van der Waals surface area contributed by atoms with E-state index in [1.165, 1.54) is 42.7 Å². The lowest BCUT2D eigenvalue weighted by Crippen LogP contribution is -2.30. The van der Waals surface area contributed by atoms with Crippen LogP contribution >= 0.6 is 11.3 Å². The lowest BCUT2D eigenvalue weighted by Gasteiger charge is -2.36. The molecule has 1 aromatic heterocycles. The van der Waals surface area contributed by atoms with E-state index in [2.05, 4.69) is 42.6 Å². The molecule has 2 heteroatoms. The average Bonchev–Trinajstić information content (AvgIpc) is 2.88. The van der Waals surface area contributed by atoms with Gasteiger partial charge < -0.3 is 0 Å². The van der Waals surface area contributed by atoms with Crippen LogP contribution < -0.4 is 0 Å². The second kappa shape index (κ2) is 4.85. The van der Waals surface area contributed by atoms with Crippen LogP contribution in [0.25, 0.3) is 0 Å². The van der Waals surface area contributed by atoms with Crippen LogP contribution in [0, 0.1) is 6.92 Å². The summed E-state index contributed by atoms with van der Waals surface area (Å²) in [5.74, 6) is 0. The number of hydrogen-bond donors (Lipinski definition) is 0. The molecule has 0 aliphatic heterocycles. The van der Waals surface area contributed by atoms with Crippen LogP contribution in [0.3, 0.4) is 0 Å². The molecule has 0 amide bonds. The van der Waals surface area contributed by atoms with Crippen LogP contribution in [-0.4, -0.2) is 4.98 Å².